The van der Waals surface area contributed by atoms with Crippen molar-refractivity contribution in [3.05, 3.63) is 29.3 Å². The van der Waals surface area contributed by atoms with E-state index in [9.17, 15) is 4.79 Å². The lowest BCUT2D eigenvalue weighted by Gasteiger charge is -2.27. The number of likely N-dealkylation sites (N-methyl/N-ethyl adjacent to an activating group) is 2. The van der Waals surface area contributed by atoms with Crippen molar-refractivity contribution >= 4 is 11.6 Å². The number of carbonyl (C=O) groups is 1. The molecular weight excluding hydrogens is 262 g/mol. The van der Waals surface area contributed by atoms with Crippen LogP contribution in [0.1, 0.15) is 35.2 Å². The van der Waals surface area contributed by atoms with Gasteiger partial charge in [0.05, 0.1) is 0 Å². The van der Waals surface area contributed by atoms with Gasteiger partial charge in [-0.2, -0.15) is 0 Å². The molecule has 1 saturated heterocycles. The standard InChI is InChI=1S/C17H25N3O/c1-19-11-5-6-13(19)12-20(2)17(21)15-7-3-9-16-14(15)8-4-10-18-16/h3,7,9,13,18H,4-6,8,10-12H2,1-2H3. The van der Waals surface area contributed by atoms with Crippen LogP contribution in [0.15, 0.2) is 18.2 Å². The molecule has 0 saturated carbocycles. The normalized spacial score (nSPS) is 21.7. The number of anilines is 1. The predicted molar refractivity (Wildman–Crippen MR) is 85.9 cm³/mol. The molecule has 0 aliphatic carbocycles. The van der Waals surface area contributed by atoms with E-state index in [4.69, 9.17) is 0 Å². The number of rotatable bonds is 3. The van der Waals surface area contributed by atoms with E-state index in [1.807, 2.05) is 24.1 Å². The number of benzene rings is 1. The molecule has 1 amide bonds. The van der Waals surface area contributed by atoms with Crippen molar-refractivity contribution in [2.24, 2.45) is 0 Å². The molecule has 1 N–H and O–H groups in total. The van der Waals surface area contributed by atoms with Gasteiger partial charge in [0.1, 0.15) is 0 Å². The third kappa shape index (κ3) is 2.91. The Morgan fingerprint density at radius 1 is 1.43 bits per heavy atom. The van der Waals surface area contributed by atoms with Gasteiger partial charge in [0, 0.05) is 37.4 Å². The summed E-state index contributed by atoms with van der Waals surface area (Å²) in [5.41, 5.74) is 3.21. The van der Waals surface area contributed by atoms with Crippen molar-refractivity contribution in [1.82, 2.24) is 9.80 Å². The fraction of sp³-hybridized carbons (Fsp3) is 0.588. The molecule has 2 heterocycles. The first-order valence-electron chi connectivity index (χ1n) is 7.98. The monoisotopic (exact) mass is 287 g/mol. The first-order valence-corrected chi connectivity index (χ1v) is 7.98. The average Bonchev–Trinajstić information content (AvgIpc) is 2.91. The van der Waals surface area contributed by atoms with Crippen LogP contribution in [0.25, 0.3) is 0 Å². The van der Waals surface area contributed by atoms with E-state index in [0.29, 0.717) is 6.04 Å². The Morgan fingerprint density at radius 2 is 2.29 bits per heavy atom. The first-order chi connectivity index (χ1) is 10.2. The third-order valence-electron chi connectivity index (χ3n) is 4.83. The summed E-state index contributed by atoms with van der Waals surface area (Å²) in [6.45, 7) is 2.98. The molecule has 1 aromatic carbocycles. The lowest BCUT2D eigenvalue weighted by atomic mass is 9.97. The SMILES string of the molecule is CN(CC1CCCN1C)C(=O)c1cccc2c1CCCN2. The Morgan fingerprint density at radius 3 is 3.05 bits per heavy atom. The molecule has 1 aromatic rings. The van der Waals surface area contributed by atoms with E-state index in [1.54, 1.807) is 0 Å². The van der Waals surface area contributed by atoms with E-state index < -0.39 is 0 Å². The number of nitrogens with one attached hydrogen (secondary N) is 1. The summed E-state index contributed by atoms with van der Waals surface area (Å²) in [5, 5.41) is 3.40. The third-order valence-corrected chi connectivity index (χ3v) is 4.83. The number of hydrogen-bond acceptors (Lipinski definition) is 3. The van der Waals surface area contributed by atoms with Crippen LogP contribution >= 0.6 is 0 Å². The second-order valence-electron chi connectivity index (χ2n) is 6.32. The second-order valence-corrected chi connectivity index (χ2v) is 6.32. The van der Waals surface area contributed by atoms with Gasteiger partial charge < -0.3 is 15.1 Å². The van der Waals surface area contributed by atoms with Crippen molar-refractivity contribution in [3.63, 3.8) is 0 Å². The molecule has 4 heteroatoms. The van der Waals surface area contributed by atoms with E-state index in [0.717, 1.165) is 43.7 Å². The Kier molecular flexibility index (Phi) is 4.15. The summed E-state index contributed by atoms with van der Waals surface area (Å²) in [7, 11) is 4.09. The maximum absolute atomic E-state index is 12.8. The highest BCUT2D eigenvalue weighted by Crippen LogP contribution is 2.26. The molecule has 3 rings (SSSR count). The molecule has 1 fully saturated rings. The minimum atomic E-state index is 0.163. The van der Waals surface area contributed by atoms with Crippen LogP contribution in [-0.2, 0) is 6.42 Å². The molecule has 0 radical (unpaired) electrons. The van der Waals surface area contributed by atoms with Crippen molar-refractivity contribution in [2.45, 2.75) is 31.7 Å². The van der Waals surface area contributed by atoms with Crippen LogP contribution in [0.3, 0.4) is 0 Å². The lowest BCUT2D eigenvalue weighted by molar-refractivity contribution is 0.0760. The molecule has 2 aliphatic rings. The van der Waals surface area contributed by atoms with Crippen LogP contribution in [0, 0.1) is 0 Å². The summed E-state index contributed by atoms with van der Waals surface area (Å²) in [6.07, 6.45) is 4.55. The summed E-state index contributed by atoms with van der Waals surface area (Å²) >= 11 is 0. The minimum absolute atomic E-state index is 0.163. The predicted octanol–water partition coefficient (Wildman–Crippen LogP) is 2.21. The summed E-state index contributed by atoms with van der Waals surface area (Å²) in [5.74, 6) is 0.163. The van der Waals surface area contributed by atoms with Gasteiger partial charge in [0.25, 0.3) is 5.91 Å². The molecule has 114 valence electrons. The van der Waals surface area contributed by atoms with E-state index in [1.165, 1.54) is 18.4 Å². The summed E-state index contributed by atoms with van der Waals surface area (Å²) < 4.78 is 0. The highest BCUT2D eigenvalue weighted by Gasteiger charge is 2.26. The molecule has 0 bridgehead atoms. The number of nitrogens with zero attached hydrogens (tertiary/aromatic N) is 2. The zero-order valence-corrected chi connectivity index (χ0v) is 13.1. The Labute approximate surface area is 127 Å². The number of hydrogen-bond donors (Lipinski definition) is 1. The quantitative estimate of drug-likeness (QED) is 0.926. The van der Waals surface area contributed by atoms with Gasteiger partial charge in [-0.15, -0.1) is 0 Å². The van der Waals surface area contributed by atoms with Crippen molar-refractivity contribution in [1.29, 1.82) is 0 Å². The van der Waals surface area contributed by atoms with Gasteiger partial charge in [-0.05, 0) is 57.0 Å². The largest absolute Gasteiger partial charge is 0.385 e. The maximum atomic E-state index is 12.8. The first kappa shape index (κ1) is 14.4. The molecule has 21 heavy (non-hydrogen) atoms. The van der Waals surface area contributed by atoms with Crippen molar-refractivity contribution < 1.29 is 4.79 Å². The highest BCUT2D eigenvalue weighted by molar-refractivity contribution is 5.97. The molecule has 0 aromatic heterocycles. The molecular formula is C17H25N3O. The van der Waals surface area contributed by atoms with Crippen molar-refractivity contribution in [2.75, 3.05) is 39.0 Å². The molecule has 1 atom stereocenters. The van der Waals surface area contributed by atoms with Gasteiger partial charge >= 0.3 is 0 Å². The Bertz CT molecular complexity index is 529. The molecule has 2 aliphatic heterocycles. The van der Waals surface area contributed by atoms with Crippen LogP contribution in [0.5, 0.6) is 0 Å². The topological polar surface area (TPSA) is 35.6 Å². The number of fused-ring (bicyclic) bond motifs is 1. The van der Waals surface area contributed by atoms with Crippen LogP contribution in [0.2, 0.25) is 0 Å². The number of amides is 1. The molecule has 4 nitrogen and oxygen atoms in total. The van der Waals surface area contributed by atoms with Gasteiger partial charge in [0.15, 0.2) is 0 Å². The van der Waals surface area contributed by atoms with Gasteiger partial charge in [-0.1, -0.05) is 6.07 Å². The fourth-order valence-corrected chi connectivity index (χ4v) is 3.52. The highest BCUT2D eigenvalue weighted by atomic mass is 16.2. The second kappa shape index (κ2) is 6.06. The summed E-state index contributed by atoms with van der Waals surface area (Å²) in [6, 6.07) is 6.55. The van der Waals surface area contributed by atoms with E-state index >= 15 is 0 Å². The molecule has 0 spiro atoms. The zero-order chi connectivity index (χ0) is 14.8. The van der Waals surface area contributed by atoms with Gasteiger partial charge in [-0.3, -0.25) is 4.79 Å². The Hall–Kier alpha value is -1.55. The average molecular weight is 287 g/mol. The van der Waals surface area contributed by atoms with Gasteiger partial charge in [0.2, 0.25) is 0 Å². The number of carbonyl (C=O) groups excluding carboxylic acids is 1. The van der Waals surface area contributed by atoms with Gasteiger partial charge in [-0.25, -0.2) is 0 Å². The minimum Gasteiger partial charge on any atom is -0.385 e. The van der Waals surface area contributed by atoms with Crippen LogP contribution in [0.4, 0.5) is 5.69 Å². The molecule has 1 unspecified atom stereocenters. The van der Waals surface area contributed by atoms with E-state index in [2.05, 4.69) is 23.3 Å². The lowest BCUT2D eigenvalue weighted by Crippen LogP contribution is -2.40. The fourth-order valence-electron chi connectivity index (χ4n) is 3.52. The van der Waals surface area contributed by atoms with Crippen LogP contribution in [-0.4, -0.2) is 55.5 Å². The smallest absolute Gasteiger partial charge is 0.254 e. The van der Waals surface area contributed by atoms with Crippen molar-refractivity contribution in [3.8, 4) is 0 Å². The maximum Gasteiger partial charge on any atom is 0.254 e. The zero-order valence-electron chi connectivity index (χ0n) is 13.1. The number of likely N-dealkylation sites (tertiary alicyclic amines) is 1. The Balaban J connectivity index is 1.75. The van der Waals surface area contributed by atoms with Crippen LogP contribution < -0.4 is 5.32 Å². The van der Waals surface area contributed by atoms with E-state index in [-0.39, 0.29) is 5.91 Å². The summed E-state index contributed by atoms with van der Waals surface area (Å²) in [4.78, 5) is 17.1.